The van der Waals surface area contributed by atoms with E-state index in [1.54, 1.807) is 0 Å². The molecule has 2 heterocycles. The van der Waals surface area contributed by atoms with E-state index in [9.17, 15) is 0 Å². The Kier molecular flexibility index (Phi) is 4.74. The number of piperidine rings is 1. The van der Waals surface area contributed by atoms with E-state index in [-0.39, 0.29) is 0 Å². The van der Waals surface area contributed by atoms with Crippen LogP contribution < -0.4 is 10.2 Å². The molecule has 1 fully saturated rings. The number of hydrogen-bond donors (Lipinski definition) is 1. The summed E-state index contributed by atoms with van der Waals surface area (Å²) in [4.78, 5) is 11.9. The summed E-state index contributed by atoms with van der Waals surface area (Å²) in [6, 6.07) is 0. The lowest BCUT2D eigenvalue weighted by Gasteiger charge is -2.40. The van der Waals surface area contributed by atoms with Crippen molar-refractivity contribution in [3.05, 3.63) is 11.4 Å². The summed E-state index contributed by atoms with van der Waals surface area (Å²) in [6.45, 7) is 13.3. The smallest absolute Gasteiger partial charge is 0.137 e. The predicted octanol–water partition coefficient (Wildman–Crippen LogP) is 3.97. The second-order valence-electron chi connectivity index (χ2n) is 6.93. The summed E-state index contributed by atoms with van der Waals surface area (Å²) >= 11 is 0. The first-order valence-corrected chi connectivity index (χ1v) is 8.21. The quantitative estimate of drug-likeness (QED) is 0.911. The molecule has 0 atom stereocenters. The van der Waals surface area contributed by atoms with Crippen molar-refractivity contribution in [1.29, 1.82) is 0 Å². The lowest BCUT2D eigenvalue weighted by molar-refractivity contribution is 0.237. The normalized spacial score (nSPS) is 18.1. The SMILES string of the molecule is CCC1(C)CCN(c2nc(C(C)C)nc(NC)c2C)CC1. The molecule has 1 aliphatic heterocycles. The molecule has 0 aromatic carbocycles. The Bertz CT molecular complexity index is 488. The third-order valence-electron chi connectivity index (χ3n) is 5.01. The van der Waals surface area contributed by atoms with Gasteiger partial charge in [0, 0.05) is 31.6 Å². The van der Waals surface area contributed by atoms with Crippen molar-refractivity contribution < 1.29 is 0 Å². The molecule has 1 N–H and O–H groups in total. The van der Waals surface area contributed by atoms with Gasteiger partial charge in [-0.1, -0.05) is 34.1 Å². The molecule has 0 spiro atoms. The molecule has 118 valence electrons. The van der Waals surface area contributed by atoms with Crippen LogP contribution in [0.1, 0.15) is 64.3 Å². The van der Waals surface area contributed by atoms with E-state index in [1.165, 1.54) is 24.8 Å². The van der Waals surface area contributed by atoms with Crippen LogP contribution >= 0.6 is 0 Å². The molecule has 1 saturated heterocycles. The molecular weight excluding hydrogens is 260 g/mol. The Morgan fingerprint density at radius 2 is 1.86 bits per heavy atom. The number of hydrogen-bond acceptors (Lipinski definition) is 4. The van der Waals surface area contributed by atoms with Crippen LogP contribution in [0.5, 0.6) is 0 Å². The van der Waals surface area contributed by atoms with Crippen LogP contribution in [0.4, 0.5) is 11.6 Å². The lowest BCUT2D eigenvalue weighted by Crippen LogP contribution is -2.39. The average molecular weight is 290 g/mol. The number of nitrogens with one attached hydrogen (secondary N) is 1. The highest BCUT2D eigenvalue weighted by atomic mass is 15.2. The Morgan fingerprint density at radius 1 is 1.24 bits per heavy atom. The van der Waals surface area contributed by atoms with E-state index in [0.29, 0.717) is 11.3 Å². The van der Waals surface area contributed by atoms with E-state index in [1.807, 2.05) is 7.05 Å². The summed E-state index contributed by atoms with van der Waals surface area (Å²) in [6.07, 6.45) is 3.76. The van der Waals surface area contributed by atoms with Gasteiger partial charge < -0.3 is 10.2 Å². The third-order valence-corrected chi connectivity index (χ3v) is 5.01. The van der Waals surface area contributed by atoms with Crippen LogP contribution in [0.15, 0.2) is 0 Å². The highest BCUT2D eigenvalue weighted by molar-refractivity contribution is 5.58. The molecule has 4 nitrogen and oxygen atoms in total. The molecule has 0 radical (unpaired) electrons. The van der Waals surface area contributed by atoms with Gasteiger partial charge in [0.15, 0.2) is 0 Å². The Hall–Kier alpha value is -1.32. The van der Waals surface area contributed by atoms with Crippen molar-refractivity contribution in [2.75, 3.05) is 30.4 Å². The van der Waals surface area contributed by atoms with Crippen molar-refractivity contribution in [2.24, 2.45) is 5.41 Å². The maximum atomic E-state index is 4.85. The van der Waals surface area contributed by atoms with Crippen molar-refractivity contribution >= 4 is 11.6 Å². The molecule has 0 aliphatic carbocycles. The minimum absolute atomic E-state index is 0.349. The molecule has 1 aromatic rings. The van der Waals surface area contributed by atoms with Gasteiger partial charge in [0.25, 0.3) is 0 Å². The van der Waals surface area contributed by atoms with Gasteiger partial charge in [-0.05, 0) is 25.2 Å². The molecule has 2 rings (SSSR count). The van der Waals surface area contributed by atoms with Crippen LogP contribution in [0.2, 0.25) is 0 Å². The maximum absolute atomic E-state index is 4.85. The Morgan fingerprint density at radius 3 is 2.33 bits per heavy atom. The number of anilines is 2. The molecule has 0 bridgehead atoms. The standard InChI is InChI=1S/C17H30N4/c1-7-17(5)8-10-21(11-9-17)16-13(4)15(18-6)19-14(20-16)12(2)3/h12H,7-11H2,1-6H3,(H,18,19,20). The summed E-state index contributed by atoms with van der Waals surface area (Å²) < 4.78 is 0. The van der Waals surface area contributed by atoms with Crippen molar-refractivity contribution in [2.45, 2.75) is 59.8 Å². The lowest BCUT2D eigenvalue weighted by atomic mass is 9.78. The number of rotatable bonds is 4. The van der Waals surface area contributed by atoms with Crippen LogP contribution in [0.25, 0.3) is 0 Å². The molecule has 0 unspecified atom stereocenters. The number of nitrogens with zero attached hydrogens (tertiary/aromatic N) is 3. The summed E-state index contributed by atoms with van der Waals surface area (Å²) in [5.74, 6) is 3.37. The van der Waals surface area contributed by atoms with E-state index >= 15 is 0 Å². The highest BCUT2D eigenvalue weighted by Gasteiger charge is 2.30. The maximum Gasteiger partial charge on any atom is 0.137 e. The molecule has 21 heavy (non-hydrogen) atoms. The largest absolute Gasteiger partial charge is 0.373 e. The van der Waals surface area contributed by atoms with Gasteiger partial charge in [-0.25, -0.2) is 9.97 Å². The highest BCUT2D eigenvalue weighted by Crippen LogP contribution is 2.36. The third kappa shape index (κ3) is 3.30. The van der Waals surface area contributed by atoms with E-state index in [0.717, 1.165) is 30.5 Å². The monoisotopic (exact) mass is 290 g/mol. The second-order valence-corrected chi connectivity index (χ2v) is 6.93. The summed E-state index contributed by atoms with van der Waals surface area (Å²) in [5, 5.41) is 3.22. The fraction of sp³-hybridized carbons (Fsp3) is 0.765. The van der Waals surface area contributed by atoms with E-state index in [4.69, 9.17) is 4.98 Å². The van der Waals surface area contributed by atoms with E-state index < -0.39 is 0 Å². The van der Waals surface area contributed by atoms with Gasteiger partial charge >= 0.3 is 0 Å². The number of aromatic nitrogens is 2. The fourth-order valence-corrected chi connectivity index (χ4v) is 2.94. The van der Waals surface area contributed by atoms with Gasteiger partial charge in [0.2, 0.25) is 0 Å². The van der Waals surface area contributed by atoms with Crippen molar-refractivity contribution in [3.8, 4) is 0 Å². The van der Waals surface area contributed by atoms with Crippen LogP contribution in [0, 0.1) is 12.3 Å². The minimum atomic E-state index is 0.349. The Labute approximate surface area is 129 Å². The summed E-state index contributed by atoms with van der Waals surface area (Å²) in [7, 11) is 1.94. The van der Waals surface area contributed by atoms with Crippen molar-refractivity contribution in [1.82, 2.24) is 9.97 Å². The topological polar surface area (TPSA) is 41.1 Å². The predicted molar refractivity (Wildman–Crippen MR) is 90.2 cm³/mol. The van der Waals surface area contributed by atoms with Gasteiger partial charge in [-0.3, -0.25) is 0 Å². The van der Waals surface area contributed by atoms with Gasteiger partial charge in [0.05, 0.1) is 0 Å². The zero-order chi connectivity index (χ0) is 15.6. The zero-order valence-corrected chi connectivity index (χ0v) is 14.5. The van der Waals surface area contributed by atoms with Crippen LogP contribution in [-0.4, -0.2) is 30.1 Å². The average Bonchev–Trinajstić information content (AvgIpc) is 2.48. The van der Waals surface area contributed by atoms with Crippen LogP contribution in [-0.2, 0) is 0 Å². The fourth-order valence-electron chi connectivity index (χ4n) is 2.94. The van der Waals surface area contributed by atoms with E-state index in [2.05, 4.69) is 49.8 Å². The molecule has 0 amide bonds. The summed E-state index contributed by atoms with van der Waals surface area (Å²) in [5.41, 5.74) is 1.67. The molecule has 4 heteroatoms. The van der Waals surface area contributed by atoms with Gasteiger partial charge in [-0.2, -0.15) is 0 Å². The first-order chi connectivity index (χ1) is 9.90. The molecule has 1 aromatic heterocycles. The van der Waals surface area contributed by atoms with Crippen LogP contribution in [0.3, 0.4) is 0 Å². The first-order valence-electron chi connectivity index (χ1n) is 8.21. The molecule has 1 aliphatic rings. The molecular formula is C17H30N4. The van der Waals surface area contributed by atoms with Crippen molar-refractivity contribution in [3.63, 3.8) is 0 Å². The zero-order valence-electron chi connectivity index (χ0n) is 14.5. The van der Waals surface area contributed by atoms with Gasteiger partial charge in [-0.15, -0.1) is 0 Å². The van der Waals surface area contributed by atoms with Gasteiger partial charge in [0.1, 0.15) is 17.5 Å². The molecule has 0 saturated carbocycles. The second kappa shape index (κ2) is 6.20. The minimum Gasteiger partial charge on any atom is -0.373 e. The Balaban J connectivity index is 2.29. The first kappa shape index (κ1) is 16.1.